The van der Waals surface area contributed by atoms with Crippen molar-refractivity contribution in [1.82, 2.24) is 5.32 Å². The molecule has 2 aliphatic rings. The summed E-state index contributed by atoms with van der Waals surface area (Å²) in [7, 11) is 0. The maximum absolute atomic E-state index is 13.9. The lowest BCUT2D eigenvalue weighted by Crippen LogP contribution is -2.46. The van der Waals surface area contributed by atoms with Crippen LogP contribution in [-0.4, -0.2) is 25.2 Å². The van der Waals surface area contributed by atoms with Crippen LogP contribution in [0.25, 0.3) is 0 Å². The summed E-state index contributed by atoms with van der Waals surface area (Å²) in [6, 6.07) is 6.66. The average Bonchev–Trinajstić information content (AvgIpc) is 3.16. The molecule has 18 heavy (non-hydrogen) atoms. The monoisotopic (exact) mass is 248 g/mol. The number of anilines is 1. The standard InChI is InChI=1S/C15H21FN2/c1-11-4-7-14(16)15(9-11)18-8-2-3-13(10-18)17-12-5-6-12/h4,7,9,12-13,17H,2-3,5-6,8,10H2,1H3. The lowest BCUT2D eigenvalue weighted by Gasteiger charge is -2.35. The summed E-state index contributed by atoms with van der Waals surface area (Å²) < 4.78 is 13.9. The highest BCUT2D eigenvalue weighted by atomic mass is 19.1. The summed E-state index contributed by atoms with van der Waals surface area (Å²) in [6.07, 6.45) is 5.00. The van der Waals surface area contributed by atoms with Crippen LogP contribution in [0.3, 0.4) is 0 Å². The third kappa shape index (κ3) is 2.66. The third-order valence-corrected chi connectivity index (χ3v) is 3.91. The predicted molar refractivity (Wildman–Crippen MR) is 72.5 cm³/mol. The molecule has 0 bridgehead atoms. The van der Waals surface area contributed by atoms with Crippen molar-refractivity contribution in [3.05, 3.63) is 29.6 Å². The van der Waals surface area contributed by atoms with Gasteiger partial charge in [0.1, 0.15) is 5.82 Å². The van der Waals surface area contributed by atoms with Gasteiger partial charge in [-0.25, -0.2) is 4.39 Å². The quantitative estimate of drug-likeness (QED) is 0.885. The third-order valence-electron chi connectivity index (χ3n) is 3.91. The fraction of sp³-hybridized carbons (Fsp3) is 0.600. The molecular formula is C15H21FN2. The second-order valence-corrected chi connectivity index (χ2v) is 5.68. The molecule has 2 fully saturated rings. The van der Waals surface area contributed by atoms with Gasteiger partial charge >= 0.3 is 0 Å². The van der Waals surface area contributed by atoms with Gasteiger partial charge in [0.2, 0.25) is 0 Å². The Morgan fingerprint density at radius 3 is 2.83 bits per heavy atom. The van der Waals surface area contributed by atoms with Crippen molar-refractivity contribution in [1.29, 1.82) is 0 Å². The van der Waals surface area contributed by atoms with E-state index in [1.807, 2.05) is 19.1 Å². The Balaban J connectivity index is 1.72. The summed E-state index contributed by atoms with van der Waals surface area (Å²) in [5.74, 6) is -0.0901. The number of aryl methyl sites for hydroxylation is 1. The number of halogens is 1. The molecule has 0 spiro atoms. The topological polar surface area (TPSA) is 15.3 Å². The van der Waals surface area contributed by atoms with E-state index in [-0.39, 0.29) is 5.82 Å². The normalized spacial score (nSPS) is 24.3. The van der Waals surface area contributed by atoms with Gasteiger partial charge in [0, 0.05) is 25.2 Å². The Labute approximate surface area is 108 Å². The summed E-state index contributed by atoms with van der Waals surface area (Å²) in [4.78, 5) is 2.20. The van der Waals surface area contributed by atoms with Crippen molar-refractivity contribution in [2.24, 2.45) is 0 Å². The van der Waals surface area contributed by atoms with Gasteiger partial charge in [-0.05, 0) is 50.3 Å². The van der Waals surface area contributed by atoms with Crippen molar-refractivity contribution < 1.29 is 4.39 Å². The Bertz CT molecular complexity index is 429. The largest absolute Gasteiger partial charge is 0.368 e. The molecule has 0 radical (unpaired) electrons. The molecule has 1 aromatic rings. The second kappa shape index (κ2) is 4.88. The van der Waals surface area contributed by atoms with Crippen LogP contribution >= 0.6 is 0 Å². The second-order valence-electron chi connectivity index (χ2n) is 5.68. The molecule has 1 aliphatic heterocycles. The number of piperidine rings is 1. The molecule has 98 valence electrons. The van der Waals surface area contributed by atoms with Crippen LogP contribution in [0.4, 0.5) is 10.1 Å². The average molecular weight is 248 g/mol. The van der Waals surface area contributed by atoms with Crippen molar-refractivity contribution in [2.75, 3.05) is 18.0 Å². The van der Waals surface area contributed by atoms with E-state index in [9.17, 15) is 4.39 Å². The van der Waals surface area contributed by atoms with Crippen LogP contribution < -0.4 is 10.2 Å². The number of rotatable bonds is 3. The Morgan fingerprint density at radius 2 is 2.06 bits per heavy atom. The molecular weight excluding hydrogens is 227 g/mol. The summed E-state index contributed by atoms with van der Waals surface area (Å²) in [6.45, 7) is 3.94. The lowest BCUT2D eigenvalue weighted by atomic mass is 10.0. The van der Waals surface area contributed by atoms with Crippen LogP contribution in [0.5, 0.6) is 0 Å². The fourth-order valence-corrected chi connectivity index (χ4v) is 2.78. The number of nitrogens with zero attached hydrogens (tertiary/aromatic N) is 1. The van der Waals surface area contributed by atoms with Crippen LogP contribution in [0.2, 0.25) is 0 Å². The van der Waals surface area contributed by atoms with Gasteiger partial charge in [-0.3, -0.25) is 0 Å². The van der Waals surface area contributed by atoms with Gasteiger partial charge in [-0.15, -0.1) is 0 Å². The first-order valence-corrected chi connectivity index (χ1v) is 6.99. The van der Waals surface area contributed by atoms with Gasteiger partial charge in [0.15, 0.2) is 0 Å². The van der Waals surface area contributed by atoms with E-state index in [1.165, 1.54) is 19.3 Å². The molecule has 1 unspecified atom stereocenters. The fourth-order valence-electron chi connectivity index (χ4n) is 2.78. The molecule has 3 heteroatoms. The van der Waals surface area contributed by atoms with E-state index in [4.69, 9.17) is 0 Å². The van der Waals surface area contributed by atoms with Gasteiger partial charge in [0.25, 0.3) is 0 Å². The van der Waals surface area contributed by atoms with Crippen LogP contribution in [0.1, 0.15) is 31.2 Å². The maximum Gasteiger partial charge on any atom is 0.146 e. The molecule has 0 aromatic heterocycles. The molecule has 0 amide bonds. The Hall–Kier alpha value is -1.09. The number of benzene rings is 1. The Morgan fingerprint density at radius 1 is 1.22 bits per heavy atom. The molecule has 1 saturated carbocycles. The first-order chi connectivity index (χ1) is 8.72. The van der Waals surface area contributed by atoms with E-state index >= 15 is 0 Å². The first kappa shape index (κ1) is 12.0. The highest BCUT2D eigenvalue weighted by molar-refractivity contribution is 5.50. The molecule has 1 atom stereocenters. The zero-order valence-electron chi connectivity index (χ0n) is 11.0. The van der Waals surface area contributed by atoms with Crippen LogP contribution in [0.15, 0.2) is 18.2 Å². The zero-order valence-corrected chi connectivity index (χ0v) is 11.0. The van der Waals surface area contributed by atoms with Gasteiger partial charge < -0.3 is 10.2 Å². The zero-order chi connectivity index (χ0) is 12.5. The highest BCUT2D eigenvalue weighted by Crippen LogP contribution is 2.26. The predicted octanol–water partition coefficient (Wildman–Crippen LogP) is 2.85. The molecule has 3 rings (SSSR count). The van der Waals surface area contributed by atoms with Crippen LogP contribution in [-0.2, 0) is 0 Å². The minimum Gasteiger partial charge on any atom is -0.368 e. The van der Waals surface area contributed by atoms with E-state index in [0.29, 0.717) is 6.04 Å². The molecule has 2 nitrogen and oxygen atoms in total. The lowest BCUT2D eigenvalue weighted by molar-refractivity contribution is 0.417. The van der Waals surface area contributed by atoms with Gasteiger partial charge in [-0.1, -0.05) is 6.07 Å². The van der Waals surface area contributed by atoms with Crippen molar-refractivity contribution in [2.45, 2.75) is 44.7 Å². The number of hydrogen-bond donors (Lipinski definition) is 1. The minimum absolute atomic E-state index is 0.0901. The first-order valence-electron chi connectivity index (χ1n) is 6.99. The SMILES string of the molecule is Cc1ccc(F)c(N2CCCC(NC3CC3)C2)c1. The maximum atomic E-state index is 13.9. The van der Waals surface area contributed by atoms with Gasteiger partial charge in [0.05, 0.1) is 5.69 Å². The summed E-state index contributed by atoms with van der Waals surface area (Å²) in [5.41, 5.74) is 1.90. The number of hydrogen-bond acceptors (Lipinski definition) is 2. The Kier molecular flexibility index (Phi) is 3.25. The highest BCUT2D eigenvalue weighted by Gasteiger charge is 2.28. The van der Waals surface area contributed by atoms with Crippen molar-refractivity contribution in [3.8, 4) is 0 Å². The van der Waals surface area contributed by atoms with E-state index in [2.05, 4.69) is 10.2 Å². The molecule has 1 N–H and O–H groups in total. The van der Waals surface area contributed by atoms with E-state index < -0.39 is 0 Å². The molecule has 1 aliphatic carbocycles. The van der Waals surface area contributed by atoms with E-state index in [1.54, 1.807) is 6.07 Å². The van der Waals surface area contributed by atoms with E-state index in [0.717, 1.165) is 36.8 Å². The summed E-state index contributed by atoms with van der Waals surface area (Å²) in [5, 5.41) is 3.66. The minimum atomic E-state index is -0.0901. The summed E-state index contributed by atoms with van der Waals surface area (Å²) >= 11 is 0. The smallest absolute Gasteiger partial charge is 0.146 e. The molecule has 1 aromatic carbocycles. The molecule has 1 saturated heterocycles. The van der Waals surface area contributed by atoms with Crippen molar-refractivity contribution in [3.63, 3.8) is 0 Å². The van der Waals surface area contributed by atoms with Crippen molar-refractivity contribution >= 4 is 5.69 Å². The number of nitrogens with one attached hydrogen (secondary N) is 1. The van der Waals surface area contributed by atoms with Gasteiger partial charge in [-0.2, -0.15) is 0 Å². The molecule has 1 heterocycles. The van der Waals surface area contributed by atoms with Crippen LogP contribution in [0, 0.1) is 12.7 Å².